The molecule has 0 saturated heterocycles. The number of unbranched alkanes of at least 4 members (excludes halogenated alkanes) is 1. The number of aliphatic imine (C=N–C) groups is 1. The molecule has 0 spiro atoms. The molecule has 25 heavy (non-hydrogen) atoms. The van der Waals surface area contributed by atoms with Gasteiger partial charge in [0.1, 0.15) is 0 Å². The third kappa shape index (κ3) is 10.2. The van der Waals surface area contributed by atoms with Crippen LogP contribution in [0.4, 0.5) is 0 Å². The van der Waals surface area contributed by atoms with Crippen molar-refractivity contribution in [2.45, 2.75) is 64.7 Å². The lowest BCUT2D eigenvalue weighted by Crippen LogP contribution is -2.39. The second-order valence-electron chi connectivity index (χ2n) is 6.69. The highest BCUT2D eigenvalue weighted by atomic mass is 127. The predicted octanol–water partition coefficient (Wildman–Crippen LogP) is 2.84. The minimum atomic E-state index is -0.154. The van der Waals surface area contributed by atoms with Crippen LogP contribution in [0.5, 0.6) is 0 Å². The minimum absolute atomic E-state index is 0. The molecule has 0 atom stereocenters. The van der Waals surface area contributed by atoms with Gasteiger partial charge >= 0.3 is 5.97 Å². The van der Waals surface area contributed by atoms with Crippen molar-refractivity contribution in [3.8, 4) is 0 Å². The van der Waals surface area contributed by atoms with Crippen molar-refractivity contribution < 1.29 is 14.6 Å². The molecule has 1 aliphatic rings. The highest BCUT2D eigenvalue weighted by Gasteiger charge is 2.31. The van der Waals surface area contributed by atoms with Crippen molar-refractivity contribution in [3.05, 3.63) is 0 Å². The molecule has 148 valence electrons. The summed E-state index contributed by atoms with van der Waals surface area (Å²) < 4.78 is 4.64. The van der Waals surface area contributed by atoms with Gasteiger partial charge in [-0.15, -0.1) is 24.0 Å². The number of carbonyl (C=O) groups excluding carboxylic acids is 1. The third-order valence-corrected chi connectivity index (χ3v) is 4.80. The second kappa shape index (κ2) is 14.6. The van der Waals surface area contributed by atoms with Gasteiger partial charge < -0.3 is 20.5 Å². The number of hydrogen-bond acceptors (Lipinski definition) is 4. The summed E-state index contributed by atoms with van der Waals surface area (Å²) in [5, 5.41) is 16.0. The first-order valence-electron chi connectivity index (χ1n) is 9.35. The van der Waals surface area contributed by atoms with E-state index in [0.29, 0.717) is 6.42 Å². The molecule has 0 heterocycles. The Morgan fingerprint density at radius 1 is 1.20 bits per heavy atom. The Hall–Kier alpha value is -0.570. The molecular weight excluding hydrogens is 433 g/mol. The fraction of sp³-hybridized carbons (Fsp3) is 0.889. The molecule has 0 unspecified atom stereocenters. The number of esters is 1. The van der Waals surface area contributed by atoms with Crippen LogP contribution in [0.3, 0.4) is 0 Å². The number of methoxy groups -OCH3 is 1. The van der Waals surface area contributed by atoms with Gasteiger partial charge in [-0.05, 0) is 44.4 Å². The zero-order valence-electron chi connectivity index (χ0n) is 15.8. The summed E-state index contributed by atoms with van der Waals surface area (Å²) in [7, 11) is 1.42. The molecule has 0 radical (unpaired) electrons. The summed E-state index contributed by atoms with van der Waals surface area (Å²) in [5.74, 6) is 0.678. The Labute approximate surface area is 169 Å². The van der Waals surface area contributed by atoms with Gasteiger partial charge in [-0.3, -0.25) is 9.79 Å². The molecule has 0 aliphatic heterocycles. The average Bonchev–Trinajstić information content (AvgIpc) is 2.60. The Morgan fingerprint density at radius 3 is 2.52 bits per heavy atom. The number of carbonyl (C=O) groups is 1. The van der Waals surface area contributed by atoms with E-state index in [1.165, 1.54) is 26.4 Å². The Balaban J connectivity index is 0.00000576. The first kappa shape index (κ1) is 24.4. The van der Waals surface area contributed by atoms with Crippen LogP contribution in [0.1, 0.15) is 64.7 Å². The number of halogens is 1. The first-order chi connectivity index (χ1) is 11.7. The zero-order chi connectivity index (χ0) is 17.7. The highest BCUT2D eigenvalue weighted by molar-refractivity contribution is 14.0. The maximum Gasteiger partial charge on any atom is 0.305 e. The van der Waals surface area contributed by atoms with E-state index in [9.17, 15) is 9.90 Å². The van der Waals surface area contributed by atoms with Crippen LogP contribution in [0.2, 0.25) is 0 Å². The highest BCUT2D eigenvalue weighted by Crippen LogP contribution is 2.39. The van der Waals surface area contributed by atoms with Gasteiger partial charge in [0.25, 0.3) is 0 Å². The topological polar surface area (TPSA) is 83.0 Å². The summed E-state index contributed by atoms with van der Waals surface area (Å²) in [6.07, 6.45) is 9.13. The van der Waals surface area contributed by atoms with E-state index in [2.05, 4.69) is 22.3 Å². The Morgan fingerprint density at radius 2 is 1.92 bits per heavy atom. The number of nitrogens with zero attached hydrogens (tertiary/aromatic N) is 1. The van der Waals surface area contributed by atoms with E-state index in [0.717, 1.165) is 57.7 Å². The lowest BCUT2D eigenvalue weighted by atomic mass is 9.72. The largest absolute Gasteiger partial charge is 0.469 e. The number of nitrogens with one attached hydrogen (secondary N) is 2. The van der Waals surface area contributed by atoms with Crippen LogP contribution < -0.4 is 10.6 Å². The minimum Gasteiger partial charge on any atom is -0.469 e. The SMILES string of the molecule is CCNC(=NCC1(CCO)CCCCC1)NCCCCC(=O)OC.I. The molecule has 3 N–H and O–H groups in total. The summed E-state index contributed by atoms with van der Waals surface area (Å²) in [6.45, 7) is 4.67. The van der Waals surface area contributed by atoms with Crippen LogP contribution in [-0.4, -0.2) is 50.4 Å². The molecule has 0 amide bonds. The first-order valence-corrected chi connectivity index (χ1v) is 9.35. The molecular formula is C18H36IN3O3. The number of guanidine groups is 1. The van der Waals surface area contributed by atoms with E-state index < -0.39 is 0 Å². The number of aliphatic hydroxyl groups is 1. The van der Waals surface area contributed by atoms with Crippen molar-refractivity contribution in [1.82, 2.24) is 10.6 Å². The maximum atomic E-state index is 11.1. The molecule has 7 heteroatoms. The van der Waals surface area contributed by atoms with E-state index in [1.54, 1.807) is 0 Å². The van der Waals surface area contributed by atoms with Gasteiger partial charge in [-0.1, -0.05) is 19.3 Å². The molecule has 1 fully saturated rings. The second-order valence-corrected chi connectivity index (χ2v) is 6.69. The van der Waals surface area contributed by atoms with Crippen LogP contribution in [0.25, 0.3) is 0 Å². The molecule has 0 aromatic heterocycles. The third-order valence-electron chi connectivity index (χ3n) is 4.80. The van der Waals surface area contributed by atoms with E-state index >= 15 is 0 Å². The van der Waals surface area contributed by atoms with E-state index in [-0.39, 0.29) is 42.0 Å². The summed E-state index contributed by atoms with van der Waals surface area (Å²) in [6, 6.07) is 0. The quantitative estimate of drug-likeness (QED) is 0.151. The lowest BCUT2D eigenvalue weighted by Gasteiger charge is -2.35. The van der Waals surface area contributed by atoms with Crippen molar-refractivity contribution in [2.24, 2.45) is 10.4 Å². The van der Waals surface area contributed by atoms with Crippen molar-refractivity contribution >= 4 is 35.9 Å². The van der Waals surface area contributed by atoms with E-state index in [4.69, 9.17) is 4.99 Å². The summed E-state index contributed by atoms with van der Waals surface area (Å²) >= 11 is 0. The number of aliphatic hydroxyl groups excluding tert-OH is 1. The zero-order valence-corrected chi connectivity index (χ0v) is 18.1. The van der Waals surface area contributed by atoms with Crippen LogP contribution in [0.15, 0.2) is 4.99 Å². The van der Waals surface area contributed by atoms with Gasteiger partial charge in [0.15, 0.2) is 5.96 Å². The molecule has 1 saturated carbocycles. The number of hydrogen-bond donors (Lipinski definition) is 3. The number of rotatable bonds is 10. The van der Waals surface area contributed by atoms with Crippen LogP contribution in [-0.2, 0) is 9.53 Å². The molecule has 0 bridgehead atoms. The standard InChI is InChI=1S/C18H35N3O3.HI/c1-3-19-17(20-13-8-5-9-16(23)24-2)21-15-18(12-14-22)10-6-4-7-11-18;/h22H,3-15H2,1-2H3,(H2,19,20,21);1H. The summed E-state index contributed by atoms with van der Waals surface area (Å²) in [4.78, 5) is 15.9. The average molecular weight is 469 g/mol. The van der Waals surface area contributed by atoms with Gasteiger partial charge in [-0.25, -0.2) is 0 Å². The molecule has 0 aromatic carbocycles. The Kier molecular flexibility index (Phi) is 14.3. The Bertz CT molecular complexity index is 380. The van der Waals surface area contributed by atoms with Crippen LogP contribution in [0, 0.1) is 5.41 Å². The summed E-state index contributed by atoms with van der Waals surface area (Å²) in [5.41, 5.74) is 0.167. The van der Waals surface area contributed by atoms with Crippen molar-refractivity contribution in [3.63, 3.8) is 0 Å². The van der Waals surface area contributed by atoms with Crippen molar-refractivity contribution in [2.75, 3.05) is 33.4 Å². The van der Waals surface area contributed by atoms with Gasteiger partial charge in [0.2, 0.25) is 0 Å². The van der Waals surface area contributed by atoms with Crippen molar-refractivity contribution in [1.29, 1.82) is 0 Å². The van der Waals surface area contributed by atoms with Gasteiger partial charge in [0.05, 0.1) is 7.11 Å². The monoisotopic (exact) mass is 469 g/mol. The van der Waals surface area contributed by atoms with Gasteiger partial charge in [-0.2, -0.15) is 0 Å². The molecule has 1 rings (SSSR count). The molecule has 1 aliphatic carbocycles. The normalized spacial score (nSPS) is 16.7. The van der Waals surface area contributed by atoms with Crippen LogP contribution >= 0.6 is 24.0 Å². The fourth-order valence-electron chi connectivity index (χ4n) is 3.32. The van der Waals surface area contributed by atoms with Gasteiger partial charge in [0, 0.05) is 32.7 Å². The molecule has 0 aromatic rings. The molecule has 6 nitrogen and oxygen atoms in total. The predicted molar refractivity (Wildman–Crippen MR) is 112 cm³/mol. The fourth-order valence-corrected chi connectivity index (χ4v) is 3.32. The lowest BCUT2D eigenvalue weighted by molar-refractivity contribution is -0.140. The van der Waals surface area contributed by atoms with E-state index in [1.807, 2.05) is 0 Å². The number of ether oxygens (including phenoxy) is 1. The smallest absolute Gasteiger partial charge is 0.305 e. The maximum absolute atomic E-state index is 11.1.